The van der Waals surface area contributed by atoms with E-state index in [0.29, 0.717) is 23.2 Å². The number of nitrogens with zero attached hydrogens (tertiary/aromatic N) is 1. The second kappa shape index (κ2) is 15.4. The molecule has 0 fully saturated rings. The molecule has 0 radical (unpaired) electrons. The highest BCUT2D eigenvalue weighted by Gasteiger charge is 2.35. The minimum Gasteiger partial charge on any atom is -0.508 e. The largest absolute Gasteiger partial charge is 0.508 e. The van der Waals surface area contributed by atoms with Crippen molar-refractivity contribution in [2.24, 2.45) is 0 Å². The third kappa shape index (κ3) is 10.1. The van der Waals surface area contributed by atoms with Crippen LogP contribution in [0.5, 0.6) is 5.75 Å². The van der Waals surface area contributed by atoms with Gasteiger partial charge in [-0.15, -0.1) is 13.0 Å². The van der Waals surface area contributed by atoms with Crippen molar-refractivity contribution in [2.45, 2.75) is 71.1 Å². The van der Waals surface area contributed by atoms with Gasteiger partial charge in [-0.2, -0.15) is 0 Å². The summed E-state index contributed by atoms with van der Waals surface area (Å²) in [5.41, 5.74) is 1.13. The van der Waals surface area contributed by atoms with Gasteiger partial charge in [-0.25, -0.2) is 4.79 Å². The smallest absolute Gasteiger partial charge is 0.408 e. The summed E-state index contributed by atoms with van der Waals surface area (Å²) in [6, 6.07) is 11.2. The van der Waals surface area contributed by atoms with Crippen LogP contribution in [0, 0.1) is 12.3 Å². The molecular weight excluding hydrogens is 506 g/mol. The first-order valence-electron chi connectivity index (χ1n) is 13.5. The fraction of sp³-hybridized carbons (Fsp3) is 0.406. The molecule has 0 bridgehead atoms. The van der Waals surface area contributed by atoms with Crippen molar-refractivity contribution >= 4 is 17.9 Å². The molecule has 0 saturated carbocycles. The lowest BCUT2D eigenvalue weighted by molar-refractivity contribution is -0.141. The molecule has 8 nitrogen and oxygen atoms in total. The quantitative estimate of drug-likeness (QED) is 0.188. The first-order chi connectivity index (χ1) is 19.0. The number of hydrogen-bond acceptors (Lipinski definition) is 5. The van der Waals surface area contributed by atoms with Crippen molar-refractivity contribution in [3.63, 3.8) is 0 Å². The first-order valence-corrected chi connectivity index (χ1v) is 13.5. The average Bonchev–Trinajstić information content (AvgIpc) is 2.90. The number of rotatable bonds is 13. The number of carbonyl (C=O) groups is 3. The third-order valence-electron chi connectivity index (χ3n) is 6.01. The molecule has 0 aromatic heterocycles. The molecule has 2 atom stereocenters. The summed E-state index contributed by atoms with van der Waals surface area (Å²) in [6.45, 7) is 11.6. The number of alkyl carbamates (subject to hydrolysis) is 1. The number of ether oxygens (including phenoxy) is 1. The number of amides is 3. The Morgan fingerprint density at radius 2 is 1.75 bits per heavy atom. The van der Waals surface area contributed by atoms with Gasteiger partial charge in [0.05, 0.1) is 0 Å². The molecule has 2 aromatic carbocycles. The molecule has 0 heterocycles. The summed E-state index contributed by atoms with van der Waals surface area (Å²) in [5, 5.41) is 15.3. The minimum atomic E-state index is -1.07. The van der Waals surface area contributed by atoms with Crippen LogP contribution in [0.3, 0.4) is 0 Å². The number of hydrogen-bond donors (Lipinski definition) is 3. The zero-order chi connectivity index (χ0) is 29.7. The van der Waals surface area contributed by atoms with Crippen molar-refractivity contribution in [3.05, 3.63) is 77.9 Å². The molecule has 0 aliphatic heterocycles. The molecule has 0 spiro atoms. The maximum Gasteiger partial charge on any atom is 0.408 e. The lowest BCUT2D eigenvalue weighted by atomic mass is 9.99. The van der Waals surface area contributed by atoms with Crippen LogP contribution < -0.4 is 10.6 Å². The molecule has 2 rings (SSSR count). The number of benzene rings is 2. The third-order valence-corrected chi connectivity index (χ3v) is 6.01. The van der Waals surface area contributed by atoms with Gasteiger partial charge in [0.1, 0.15) is 23.4 Å². The summed E-state index contributed by atoms with van der Waals surface area (Å²) >= 11 is 0. The van der Waals surface area contributed by atoms with Gasteiger partial charge in [-0.3, -0.25) is 9.59 Å². The monoisotopic (exact) mass is 547 g/mol. The predicted molar refractivity (Wildman–Crippen MR) is 157 cm³/mol. The molecule has 0 saturated heterocycles. The lowest BCUT2D eigenvalue weighted by Crippen LogP contribution is -2.54. The minimum absolute atomic E-state index is 0.0465. The van der Waals surface area contributed by atoms with E-state index < -0.39 is 29.7 Å². The van der Waals surface area contributed by atoms with E-state index in [1.165, 1.54) is 23.1 Å². The Hall–Kier alpha value is -4.25. The van der Waals surface area contributed by atoms with Gasteiger partial charge in [-0.05, 0) is 62.6 Å². The second-order valence-corrected chi connectivity index (χ2v) is 10.5. The van der Waals surface area contributed by atoms with Gasteiger partial charge in [0, 0.05) is 25.1 Å². The first kappa shape index (κ1) is 32.0. The highest BCUT2D eigenvalue weighted by Crippen LogP contribution is 2.24. The van der Waals surface area contributed by atoms with Gasteiger partial charge >= 0.3 is 6.09 Å². The second-order valence-electron chi connectivity index (χ2n) is 10.5. The maximum atomic E-state index is 14.2. The van der Waals surface area contributed by atoms with Crippen molar-refractivity contribution in [2.75, 3.05) is 13.1 Å². The Balaban J connectivity index is 2.49. The number of carbonyl (C=O) groups excluding carboxylic acids is 3. The number of terminal acetylenes is 1. The number of aromatic hydroxyl groups is 1. The Kier molecular flexibility index (Phi) is 12.3. The Morgan fingerprint density at radius 3 is 2.30 bits per heavy atom. The fourth-order valence-electron chi connectivity index (χ4n) is 4.10. The number of phenolic OH excluding ortho intramolecular Hbond substituents is 1. The Morgan fingerprint density at radius 1 is 1.10 bits per heavy atom. The van der Waals surface area contributed by atoms with Crippen molar-refractivity contribution in [3.8, 4) is 18.1 Å². The molecule has 3 N–H and O–H groups in total. The summed E-state index contributed by atoms with van der Waals surface area (Å²) < 4.78 is 5.43. The normalized spacial score (nSPS) is 12.4. The van der Waals surface area contributed by atoms with E-state index in [2.05, 4.69) is 30.1 Å². The van der Waals surface area contributed by atoms with E-state index in [9.17, 15) is 19.5 Å². The molecule has 8 heteroatoms. The van der Waals surface area contributed by atoms with Crippen molar-refractivity contribution < 1.29 is 24.2 Å². The van der Waals surface area contributed by atoms with E-state index in [1.807, 2.05) is 0 Å². The number of unbranched alkanes of at least 4 members (excludes halogenated alkanes) is 2. The van der Waals surface area contributed by atoms with Gasteiger partial charge in [0.2, 0.25) is 11.8 Å². The van der Waals surface area contributed by atoms with Crippen LogP contribution in [0.4, 0.5) is 4.79 Å². The molecule has 214 valence electrons. The molecule has 0 aliphatic carbocycles. The van der Waals surface area contributed by atoms with Crippen molar-refractivity contribution in [1.82, 2.24) is 15.5 Å². The fourth-order valence-corrected chi connectivity index (χ4v) is 4.10. The summed E-state index contributed by atoms with van der Waals surface area (Å²) in [7, 11) is 0. The van der Waals surface area contributed by atoms with E-state index in [1.54, 1.807) is 57.2 Å². The van der Waals surface area contributed by atoms with Crippen LogP contribution in [0.15, 0.2) is 61.2 Å². The van der Waals surface area contributed by atoms with Gasteiger partial charge in [0.15, 0.2) is 0 Å². The maximum absolute atomic E-state index is 14.2. The van der Waals surface area contributed by atoms with Crippen LogP contribution in [0.2, 0.25) is 0 Å². The summed E-state index contributed by atoms with van der Waals surface area (Å²) in [6.07, 6.45) is 9.18. The Bertz CT molecular complexity index is 1180. The van der Waals surface area contributed by atoms with Crippen LogP contribution in [-0.2, 0) is 20.7 Å². The van der Waals surface area contributed by atoms with Gasteiger partial charge in [0.25, 0.3) is 0 Å². The van der Waals surface area contributed by atoms with Crippen LogP contribution in [0.25, 0.3) is 0 Å². The molecule has 0 aliphatic rings. The lowest BCUT2D eigenvalue weighted by Gasteiger charge is -2.34. The molecule has 2 aromatic rings. The zero-order valence-electron chi connectivity index (χ0n) is 23.9. The van der Waals surface area contributed by atoms with Crippen LogP contribution >= 0.6 is 0 Å². The van der Waals surface area contributed by atoms with Gasteiger partial charge < -0.3 is 25.4 Å². The average molecular weight is 548 g/mol. The highest BCUT2D eigenvalue weighted by molar-refractivity contribution is 5.92. The Labute approximate surface area is 237 Å². The molecule has 40 heavy (non-hydrogen) atoms. The number of phenols is 1. The molecular formula is C32H41N3O5. The van der Waals surface area contributed by atoms with Crippen molar-refractivity contribution in [1.29, 1.82) is 0 Å². The highest BCUT2D eigenvalue weighted by atomic mass is 16.6. The van der Waals surface area contributed by atoms with Gasteiger partial charge in [-0.1, -0.05) is 56.0 Å². The van der Waals surface area contributed by atoms with Crippen LogP contribution in [0.1, 0.15) is 69.7 Å². The summed E-state index contributed by atoms with van der Waals surface area (Å²) in [5.74, 6) is 1.80. The van der Waals surface area contributed by atoms with E-state index in [4.69, 9.17) is 11.2 Å². The summed E-state index contributed by atoms with van der Waals surface area (Å²) in [4.78, 5) is 41.9. The van der Waals surface area contributed by atoms with E-state index in [0.717, 1.165) is 19.3 Å². The predicted octanol–water partition coefficient (Wildman–Crippen LogP) is 4.87. The molecule has 3 amide bonds. The zero-order valence-corrected chi connectivity index (χ0v) is 23.9. The van der Waals surface area contributed by atoms with E-state index in [-0.39, 0.29) is 24.6 Å². The SMILES string of the molecule is C#Cc1ccc(C(C(=O)NCCCCC)N(CC=C)C(=O)C(Cc2ccc(O)cc2)NC(=O)OC(C)(C)C)cc1. The van der Waals surface area contributed by atoms with E-state index >= 15 is 0 Å². The number of nitrogens with one attached hydrogen (secondary N) is 2. The molecule has 2 unspecified atom stereocenters. The van der Waals surface area contributed by atoms with Crippen LogP contribution in [-0.4, -0.2) is 52.6 Å². The standard InChI is InChI=1S/C32H41N3O5/c1-7-10-11-20-33-29(37)28(25-16-12-23(9-3)13-17-25)35(21-8-2)30(38)27(34-31(39)40-32(4,5)6)22-24-14-18-26(36)19-15-24/h3,8,12-19,27-28,36H,2,7,10-11,20-22H2,1,4-6H3,(H,33,37)(H,34,39). The topological polar surface area (TPSA) is 108 Å².